The number of rotatable bonds is 3. The van der Waals surface area contributed by atoms with E-state index in [0.717, 1.165) is 25.1 Å². The number of hydrogen-bond acceptors (Lipinski definition) is 4. The van der Waals surface area contributed by atoms with Crippen LogP contribution in [0.4, 0.5) is 0 Å². The minimum absolute atomic E-state index is 0.0582. The van der Waals surface area contributed by atoms with Crippen molar-refractivity contribution in [2.75, 3.05) is 6.54 Å². The van der Waals surface area contributed by atoms with Gasteiger partial charge in [0, 0.05) is 6.20 Å². The Morgan fingerprint density at radius 2 is 2.53 bits per heavy atom. The molecule has 0 spiro atoms. The Bertz CT molecular complexity index is 368. The molecule has 1 aliphatic heterocycles. The lowest BCUT2D eigenvalue weighted by atomic mass is 9.92. The van der Waals surface area contributed by atoms with Crippen molar-refractivity contribution in [3.05, 3.63) is 24.0 Å². The molecular formula is C12H18N4O. The van der Waals surface area contributed by atoms with E-state index in [1.165, 1.54) is 0 Å². The van der Waals surface area contributed by atoms with Crippen LogP contribution in [0, 0.1) is 5.92 Å². The molecule has 1 amide bonds. The lowest BCUT2D eigenvalue weighted by molar-refractivity contribution is -0.125. The fraction of sp³-hybridized carbons (Fsp3) is 0.583. The summed E-state index contributed by atoms with van der Waals surface area (Å²) in [5.41, 5.74) is 0.782. The molecule has 1 aromatic heterocycles. The summed E-state index contributed by atoms with van der Waals surface area (Å²) in [7, 11) is 0. The number of amides is 1. The average molecular weight is 234 g/mol. The molecule has 1 fully saturated rings. The summed E-state index contributed by atoms with van der Waals surface area (Å²) in [5.74, 6) is 0.452. The Balaban J connectivity index is 1.84. The minimum Gasteiger partial charge on any atom is -0.349 e. The third-order valence-corrected chi connectivity index (χ3v) is 3.12. The quantitative estimate of drug-likeness (QED) is 0.798. The van der Waals surface area contributed by atoms with Crippen molar-refractivity contribution < 1.29 is 4.79 Å². The van der Waals surface area contributed by atoms with Crippen LogP contribution in [0.25, 0.3) is 0 Å². The van der Waals surface area contributed by atoms with E-state index in [1.807, 2.05) is 12.1 Å². The zero-order valence-corrected chi connectivity index (χ0v) is 10.0. The molecule has 0 aliphatic carbocycles. The monoisotopic (exact) mass is 234 g/mol. The number of hydrogen-bond donors (Lipinski definition) is 2. The van der Waals surface area contributed by atoms with Crippen LogP contribution in [0.2, 0.25) is 0 Å². The molecule has 5 heteroatoms. The molecule has 2 atom stereocenters. The van der Waals surface area contributed by atoms with Gasteiger partial charge in [0.25, 0.3) is 0 Å². The van der Waals surface area contributed by atoms with Gasteiger partial charge in [-0.3, -0.25) is 4.79 Å². The van der Waals surface area contributed by atoms with E-state index < -0.39 is 0 Å². The second-order valence-corrected chi connectivity index (χ2v) is 4.48. The Morgan fingerprint density at radius 3 is 3.24 bits per heavy atom. The summed E-state index contributed by atoms with van der Waals surface area (Å²) < 4.78 is 0. The zero-order valence-electron chi connectivity index (χ0n) is 10.0. The topological polar surface area (TPSA) is 66.9 Å². The lowest BCUT2D eigenvalue weighted by Gasteiger charge is -2.28. The van der Waals surface area contributed by atoms with Gasteiger partial charge in [0.2, 0.25) is 5.91 Å². The van der Waals surface area contributed by atoms with Gasteiger partial charge in [0.1, 0.15) is 0 Å². The molecule has 2 unspecified atom stereocenters. The standard InChI is InChI=1S/C12H18N4O/c1-9-4-2-6-13-11(9)12(17)14-8-10-5-3-7-15-16-10/h3,5,7,9,11,13H,2,4,6,8H2,1H3,(H,14,17). The van der Waals surface area contributed by atoms with Gasteiger partial charge in [-0.05, 0) is 37.4 Å². The van der Waals surface area contributed by atoms with E-state index in [4.69, 9.17) is 0 Å². The van der Waals surface area contributed by atoms with Crippen molar-refractivity contribution in [3.63, 3.8) is 0 Å². The largest absolute Gasteiger partial charge is 0.349 e. The Morgan fingerprint density at radius 1 is 1.65 bits per heavy atom. The van der Waals surface area contributed by atoms with Gasteiger partial charge in [0.15, 0.2) is 0 Å². The van der Waals surface area contributed by atoms with Crippen LogP contribution in [0.3, 0.4) is 0 Å². The molecule has 17 heavy (non-hydrogen) atoms. The summed E-state index contributed by atoms with van der Waals surface area (Å²) in [4.78, 5) is 12.0. The molecule has 92 valence electrons. The van der Waals surface area contributed by atoms with E-state index >= 15 is 0 Å². The Labute approximate surface area is 101 Å². The first-order valence-electron chi connectivity index (χ1n) is 6.05. The Hall–Kier alpha value is -1.49. The molecule has 0 aromatic carbocycles. The number of carbonyl (C=O) groups is 1. The average Bonchev–Trinajstić information content (AvgIpc) is 2.38. The maximum Gasteiger partial charge on any atom is 0.237 e. The van der Waals surface area contributed by atoms with Crippen LogP contribution in [-0.4, -0.2) is 28.7 Å². The van der Waals surface area contributed by atoms with Crippen LogP contribution in [0.1, 0.15) is 25.5 Å². The number of carbonyl (C=O) groups excluding carboxylic acids is 1. The van der Waals surface area contributed by atoms with E-state index in [0.29, 0.717) is 12.5 Å². The highest BCUT2D eigenvalue weighted by Gasteiger charge is 2.26. The van der Waals surface area contributed by atoms with E-state index in [-0.39, 0.29) is 11.9 Å². The maximum atomic E-state index is 12.0. The van der Waals surface area contributed by atoms with E-state index in [2.05, 4.69) is 27.8 Å². The van der Waals surface area contributed by atoms with Gasteiger partial charge in [-0.2, -0.15) is 10.2 Å². The summed E-state index contributed by atoms with van der Waals surface area (Å²) in [6.07, 6.45) is 3.88. The molecule has 2 heterocycles. The van der Waals surface area contributed by atoms with Crippen LogP contribution < -0.4 is 10.6 Å². The van der Waals surface area contributed by atoms with Crippen molar-refractivity contribution in [1.29, 1.82) is 0 Å². The molecule has 5 nitrogen and oxygen atoms in total. The van der Waals surface area contributed by atoms with E-state index in [1.54, 1.807) is 6.20 Å². The smallest absolute Gasteiger partial charge is 0.237 e. The summed E-state index contributed by atoms with van der Waals surface area (Å²) in [5, 5.41) is 13.9. The number of nitrogens with one attached hydrogen (secondary N) is 2. The molecule has 0 bridgehead atoms. The fourth-order valence-electron chi connectivity index (χ4n) is 2.12. The highest BCUT2D eigenvalue weighted by Crippen LogP contribution is 2.15. The molecule has 1 aromatic rings. The number of nitrogens with zero attached hydrogens (tertiary/aromatic N) is 2. The zero-order chi connectivity index (χ0) is 12.1. The van der Waals surface area contributed by atoms with Crippen LogP contribution in [-0.2, 0) is 11.3 Å². The predicted octanol–water partition coefficient (Wildman–Crippen LogP) is 0.481. The SMILES string of the molecule is CC1CCCNC1C(=O)NCc1cccnn1. The molecule has 0 radical (unpaired) electrons. The molecule has 2 rings (SSSR count). The fourth-order valence-corrected chi connectivity index (χ4v) is 2.12. The van der Waals surface area contributed by atoms with Gasteiger partial charge in [0.05, 0.1) is 18.3 Å². The molecular weight excluding hydrogens is 216 g/mol. The lowest BCUT2D eigenvalue weighted by Crippen LogP contribution is -2.50. The van der Waals surface area contributed by atoms with Crippen molar-refractivity contribution >= 4 is 5.91 Å². The highest BCUT2D eigenvalue weighted by atomic mass is 16.2. The number of aromatic nitrogens is 2. The summed E-state index contributed by atoms with van der Waals surface area (Å²) in [6.45, 7) is 3.48. The third-order valence-electron chi connectivity index (χ3n) is 3.12. The van der Waals surface area contributed by atoms with Gasteiger partial charge < -0.3 is 10.6 Å². The van der Waals surface area contributed by atoms with Crippen molar-refractivity contribution in [3.8, 4) is 0 Å². The van der Waals surface area contributed by atoms with Crippen molar-refractivity contribution in [2.24, 2.45) is 5.92 Å². The summed E-state index contributed by atoms with van der Waals surface area (Å²) >= 11 is 0. The van der Waals surface area contributed by atoms with Crippen molar-refractivity contribution in [2.45, 2.75) is 32.4 Å². The van der Waals surface area contributed by atoms with Gasteiger partial charge >= 0.3 is 0 Å². The molecule has 2 N–H and O–H groups in total. The van der Waals surface area contributed by atoms with Crippen molar-refractivity contribution in [1.82, 2.24) is 20.8 Å². The molecule has 1 aliphatic rings. The minimum atomic E-state index is -0.0691. The second-order valence-electron chi connectivity index (χ2n) is 4.48. The summed E-state index contributed by atoms with van der Waals surface area (Å²) in [6, 6.07) is 3.60. The third kappa shape index (κ3) is 3.23. The maximum absolute atomic E-state index is 12.0. The Kier molecular flexibility index (Phi) is 4.03. The highest BCUT2D eigenvalue weighted by molar-refractivity contribution is 5.82. The van der Waals surface area contributed by atoms with Crippen LogP contribution in [0.15, 0.2) is 18.3 Å². The molecule has 1 saturated heterocycles. The van der Waals surface area contributed by atoms with Crippen LogP contribution in [0.5, 0.6) is 0 Å². The first-order chi connectivity index (χ1) is 8.27. The number of piperidine rings is 1. The normalized spacial score (nSPS) is 24.3. The van der Waals surface area contributed by atoms with Crippen LogP contribution >= 0.6 is 0 Å². The first kappa shape index (κ1) is 12.0. The predicted molar refractivity (Wildman–Crippen MR) is 64.1 cm³/mol. The first-order valence-corrected chi connectivity index (χ1v) is 6.05. The molecule has 0 saturated carbocycles. The van der Waals surface area contributed by atoms with Gasteiger partial charge in [-0.25, -0.2) is 0 Å². The van der Waals surface area contributed by atoms with Gasteiger partial charge in [-0.15, -0.1) is 0 Å². The second kappa shape index (κ2) is 5.72. The van der Waals surface area contributed by atoms with E-state index in [9.17, 15) is 4.79 Å². The van der Waals surface area contributed by atoms with Gasteiger partial charge in [-0.1, -0.05) is 6.92 Å².